The summed E-state index contributed by atoms with van der Waals surface area (Å²) in [5, 5.41) is 9.96. The van der Waals surface area contributed by atoms with Crippen LogP contribution >= 0.6 is 0 Å². The molecular formula is C31H54O. The van der Waals surface area contributed by atoms with Crippen LogP contribution in [0, 0.1) is 57.7 Å². The number of rotatable bonds is 3. The molecule has 1 N–H and O–H groups in total. The molecule has 0 spiro atoms. The van der Waals surface area contributed by atoms with Gasteiger partial charge in [0.05, 0.1) is 5.60 Å². The van der Waals surface area contributed by atoms with Crippen LogP contribution in [0.15, 0.2) is 0 Å². The summed E-state index contributed by atoms with van der Waals surface area (Å²) < 4.78 is 0. The first-order chi connectivity index (χ1) is 15.0. The summed E-state index contributed by atoms with van der Waals surface area (Å²) in [4.78, 5) is 0. The van der Waals surface area contributed by atoms with Crippen molar-refractivity contribution in [3.8, 4) is 0 Å². The largest absolute Gasteiger partial charge is 0.390 e. The molecule has 0 heterocycles. The third-order valence-corrected chi connectivity index (χ3v) is 12.7. The molecule has 9 rings (SSSR count). The fourth-order valence-electron chi connectivity index (χ4n) is 10.1. The SMILES string of the molecule is CC(C)C12CC(C1)C2.CC(C)C12CC3CC(CC(C3)C1)C2.CC(C)C12CCC(O)(CC1)C2. The topological polar surface area (TPSA) is 20.2 Å². The molecule has 0 aliphatic heterocycles. The second-order valence-corrected chi connectivity index (χ2v) is 15.3. The molecule has 9 aliphatic rings. The quantitative estimate of drug-likeness (QED) is 0.463. The summed E-state index contributed by atoms with van der Waals surface area (Å²) in [5.41, 5.74) is 1.94. The van der Waals surface area contributed by atoms with E-state index in [2.05, 4.69) is 41.5 Å². The molecule has 0 aromatic rings. The van der Waals surface area contributed by atoms with E-state index in [-0.39, 0.29) is 5.60 Å². The van der Waals surface area contributed by atoms with E-state index in [1.54, 1.807) is 57.8 Å². The molecule has 32 heavy (non-hydrogen) atoms. The van der Waals surface area contributed by atoms with Gasteiger partial charge >= 0.3 is 0 Å². The number of hydrogen-bond acceptors (Lipinski definition) is 1. The van der Waals surface area contributed by atoms with Gasteiger partial charge in [-0.1, -0.05) is 41.5 Å². The van der Waals surface area contributed by atoms with Crippen molar-refractivity contribution in [3.05, 3.63) is 0 Å². The van der Waals surface area contributed by atoms with Gasteiger partial charge in [0.1, 0.15) is 0 Å². The summed E-state index contributed by atoms with van der Waals surface area (Å²) in [6.07, 6.45) is 19.9. The van der Waals surface area contributed by atoms with Crippen LogP contribution in [0.2, 0.25) is 0 Å². The Morgan fingerprint density at radius 3 is 1.03 bits per heavy atom. The van der Waals surface area contributed by atoms with Crippen molar-refractivity contribution in [2.75, 3.05) is 0 Å². The Morgan fingerprint density at radius 1 is 0.500 bits per heavy atom. The first-order valence-corrected chi connectivity index (χ1v) is 14.7. The third kappa shape index (κ3) is 3.93. The van der Waals surface area contributed by atoms with Gasteiger partial charge in [-0.2, -0.15) is 0 Å². The first kappa shape index (κ1) is 23.7. The highest BCUT2D eigenvalue weighted by Gasteiger charge is 2.57. The van der Waals surface area contributed by atoms with Crippen molar-refractivity contribution in [3.63, 3.8) is 0 Å². The van der Waals surface area contributed by atoms with Crippen molar-refractivity contribution in [2.45, 2.75) is 137 Å². The Hall–Kier alpha value is -0.0400. The Balaban J connectivity index is 0.000000104. The number of fused-ring (bicyclic) bond motifs is 2. The zero-order chi connectivity index (χ0) is 22.9. The van der Waals surface area contributed by atoms with Crippen molar-refractivity contribution in [2.24, 2.45) is 57.7 Å². The Bertz CT molecular complexity index is 624. The average molecular weight is 443 g/mol. The maximum Gasteiger partial charge on any atom is 0.0653 e. The van der Waals surface area contributed by atoms with E-state index in [4.69, 9.17) is 0 Å². The minimum atomic E-state index is -0.246. The molecule has 0 saturated heterocycles. The molecule has 0 unspecified atom stereocenters. The monoisotopic (exact) mass is 442 g/mol. The molecule has 1 nitrogen and oxygen atoms in total. The number of hydrogen-bond donors (Lipinski definition) is 1. The van der Waals surface area contributed by atoms with Gasteiger partial charge in [-0.15, -0.1) is 0 Å². The van der Waals surface area contributed by atoms with E-state index in [0.717, 1.165) is 71.5 Å². The predicted octanol–water partition coefficient (Wildman–Crippen LogP) is 8.64. The lowest BCUT2D eigenvalue weighted by atomic mass is 9.41. The van der Waals surface area contributed by atoms with Crippen LogP contribution in [0.5, 0.6) is 0 Å². The van der Waals surface area contributed by atoms with Crippen LogP contribution in [0.1, 0.15) is 131 Å². The minimum Gasteiger partial charge on any atom is -0.390 e. The molecule has 0 aromatic heterocycles. The van der Waals surface area contributed by atoms with Crippen molar-refractivity contribution in [1.29, 1.82) is 0 Å². The summed E-state index contributed by atoms with van der Waals surface area (Å²) >= 11 is 0. The standard InChI is InChI=1S/C13H22.C10H18O.C8H14/c1-9(2)13-6-10-3-11(7-13)5-12(4-10)8-13;1-8(2)9-3-5-10(11,7-9)6-4-9;1-6(2)8-3-7(4-8)5-8/h9-12H,3-8H2,1-2H3;8,11H,3-7H2,1-2H3;6-7H,3-5H2,1-2H3. The molecule has 0 atom stereocenters. The molecule has 0 aromatic carbocycles. The van der Waals surface area contributed by atoms with Gasteiger partial charge in [0, 0.05) is 0 Å². The molecule has 0 radical (unpaired) electrons. The van der Waals surface area contributed by atoms with E-state index in [0.29, 0.717) is 5.41 Å². The highest BCUT2D eigenvalue weighted by molar-refractivity contribution is 5.08. The van der Waals surface area contributed by atoms with Crippen LogP contribution in [-0.4, -0.2) is 10.7 Å². The predicted molar refractivity (Wildman–Crippen MR) is 135 cm³/mol. The van der Waals surface area contributed by atoms with Gasteiger partial charge in [0.15, 0.2) is 0 Å². The van der Waals surface area contributed by atoms with Crippen LogP contribution in [0.4, 0.5) is 0 Å². The van der Waals surface area contributed by atoms with Crippen LogP contribution in [0.3, 0.4) is 0 Å². The zero-order valence-corrected chi connectivity index (χ0v) is 22.4. The Kier molecular flexibility index (Phi) is 5.92. The first-order valence-electron chi connectivity index (χ1n) is 14.7. The van der Waals surface area contributed by atoms with Gasteiger partial charge < -0.3 is 5.11 Å². The highest BCUT2D eigenvalue weighted by atomic mass is 16.3. The Morgan fingerprint density at radius 2 is 0.844 bits per heavy atom. The van der Waals surface area contributed by atoms with Crippen molar-refractivity contribution in [1.82, 2.24) is 0 Å². The third-order valence-electron chi connectivity index (χ3n) is 12.7. The summed E-state index contributed by atoms with van der Waals surface area (Å²) in [7, 11) is 0. The van der Waals surface area contributed by atoms with Crippen molar-refractivity contribution >= 4 is 0 Å². The second kappa shape index (κ2) is 7.99. The van der Waals surface area contributed by atoms with Gasteiger partial charge in [-0.25, -0.2) is 0 Å². The van der Waals surface area contributed by atoms with Crippen molar-refractivity contribution < 1.29 is 5.11 Å². The maximum absolute atomic E-state index is 9.96. The van der Waals surface area contributed by atoms with Crippen LogP contribution < -0.4 is 0 Å². The highest BCUT2D eigenvalue weighted by Crippen LogP contribution is 2.68. The van der Waals surface area contributed by atoms with E-state index < -0.39 is 0 Å². The van der Waals surface area contributed by atoms with Gasteiger partial charge in [-0.3, -0.25) is 0 Å². The lowest BCUT2D eigenvalue weighted by Gasteiger charge is -2.64. The molecule has 184 valence electrons. The smallest absolute Gasteiger partial charge is 0.0653 e. The molecular weight excluding hydrogens is 388 g/mol. The fraction of sp³-hybridized carbons (Fsp3) is 1.00. The zero-order valence-electron chi connectivity index (χ0n) is 22.4. The van der Waals surface area contributed by atoms with Gasteiger partial charge in [0.2, 0.25) is 0 Å². The lowest BCUT2D eigenvalue weighted by Crippen LogP contribution is -2.54. The van der Waals surface area contributed by atoms with E-state index in [1.807, 2.05) is 0 Å². The molecule has 1 heteroatoms. The number of aliphatic hydroxyl groups is 1. The molecule has 0 amide bonds. The Labute approximate surface area is 199 Å². The normalized spacial score (nSPS) is 51.2. The summed E-state index contributed by atoms with van der Waals surface area (Å²) in [6, 6.07) is 0. The van der Waals surface area contributed by atoms with E-state index in [9.17, 15) is 5.11 Å². The molecule has 9 saturated carbocycles. The molecule has 8 bridgehead atoms. The van der Waals surface area contributed by atoms with Gasteiger partial charge in [-0.05, 0) is 148 Å². The minimum absolute atomic E-state index is 0.246. The molecule has 9 fully saturated rings. The van der Waals surface area contributed by atoms with Crippen LogP contribution in [0.25, 0.3) is 0 Å². The van der Waals surface area contributed by atoms with Crippen LogP contribution in [-0.2, 0) is 0 Å². The summed E-state index contributed by atoms with van der Waals surface area (Å²) in [5.74, 6) is 7.24. The average Bonchev–Trinajstić information content (AvgIpc) is 3.14. The fourth-order valence-corrected chi connectivity index (χ4v) is 10.1. The maximum atomic E-state index is 9.96. The lowest BCUT2D eigenvalue weighted by molar-refractivity contribution is -0.141. The summed E-state index contributed by atoms with van der Waals surface area (Å²) in [6.45, 7) is 14.3. The second-order valence-electron chi connectivity index (χ2n) is 15.3. The van der Waals surface area contributed by atoms with E-state index in [1.165, 1.54) is 12.8 Å². The van der Waals surface area contributed by atoms with E-state index >= 15 is 0 Å². The van der Waals surface area contributed by atoms with Gasteiger partial charge in [0.25, 0.3) is 0 Å². The molecule has 9 aliphatic carbocycles.